The number of aliphatic carboxylic acids is 1. The number of benzene rings is 1. The van der Waals surface area contributed by atoms with Crippen molar-refractivity contribution in [1.29, 1.82) is 0 Å². The molecule has 1 aliphatic rings. The zero-order valence-electron chi connectivity index (χ0n) is 11.9. The van der Waals surface area contributed by atoms with Gasteiger partial charge in [0.15, 0.2) is 0 Å². The van der Waals surface area contributed by atoms with Gasteiger partial charge in [-0.1, -0.05) is 18.2 Å². The van der Waals surface area contributed by atoms with Gasteiger partial charge in [0.2, 0.25) is 0 Å². The fourth-order valence-corrected chi connectivity index (χ4v) is 2.18. The summed E-state index contributed by atoms with van der Waals surface area (Å²) in [6.45, 7) is 1.76. The standard InChI is InChI=1S/C15H19FN2O3/c1-10(12-4-2-3-5-13(12)16)17-15(21)18(9-14(19)20)8-11-6-7-11/h2-5,10-11H,6-9H2,1H3,(H,17,21)(H,19,20). The van der Waals surface area contributed by atoms with Crippen LogP contribution >= 0.6 is 0 Å². The number of carboxylic acid groups (broad SMARTS) is 1. The molecule has 114 valence electrons. The van der Waals surface area contributed by atoms with Crippen LogP contribution in [0.1, 0.15) is 31.4 Å². The molecule has 0 spiro atoms. The van der Waals surface area contributed by atoms with E-state index in [4.69, 9.17) is 5.11 Å². The molecule has 1 aromatic rings. The Balaban J connectivity index is 1.99. The van der Waals surface area contributed by atoms with Crippen molar-refractivity contribution in [3.63, 3.8) is 0 Å². The summed E-state index contributed by atoms with van der Waals surface area (Å²) in [7, 11) is 0. The molecule has 0 saturated heterocycles. The minimum absolute atomic E-state index is 0.341. The molecule has 1 aromatic carbocycles. The maximum atomic E-state index is 13.7. The van der Waals surface area contributed by atoms with Crippen LogP contribution in [-0.2, 0) is 4.79 Å². The number of halogens is 1. The number of rotatable bonds is 6. The van der Waals surface area contributed by atoms with Gasteiger partial charge in [-0.15, -0.1) is 0 Å². The lowest BCUT2D eigenvalue weighted by molar-refractivity contribution is -0.137. The smallest absolute Gasteiger partial charge is 0.323 e. The quantitative estimate of drug-likeness (QED) is 0.846. The molecule has 1 saturated carbocycles. The average molecular weight is 294 g/mol. The van der Waals surface area contributed by atoms with E-state index >= 15 is 0 Å². The number of urea groups is 1. The highest BCUT2D eigenvalue weighted by atomic mass is 19.1. The van der Waals surface area contributed by atoms with Crippen molar-refractivity contribution in [1.82, 2.24) is 10.2 Å². The van der Waals surface area contributed by atoms with E-state index < -0.39 is 23.9 Å². The maximum Gasteiger partial charge on any atom is 0.323 e. The molecule has 0 bridgehead atoms. The van der Waals surface area contributed by atoms with Gasteiger partial charge in [0.05, 0.1) is 6.04 Å². The zero-order valence-corrected chi connectivity index (χ0v) is 11.9. The van der Waals surface area contributed by atoms with Crippen LogP contribution in [0.25, 0.3) is 0 Å². The number of carboxylic acids is 1. The number of hydrogen-bond acceptors (Lipinski definition) is 2. The van der Waals surface area contributed by atoms with Crippen molar-refractivity contribution in [2.75, 3.05) is 13.1 Å². The highest BCUT2D eigenvalue weighted by Crippen LogP contribution is 2.29. The molecule has 21 heavy (non-hydrogen) atoms. The third-order valence-corrected chi connectivity index (χ3v) is 3.50. The van der Waals surface area contributed by atoms with Gasteiger partial charge < -0.3 is 15.3 Å². The van der Waals surface area contributed by atoms with Gasteiger partial charge in [0, 0.05) is 12.1 Å². The van der Waals surface area contributed by atoms with Crippen molar-refractivity contribution in [3.8, 4) is 0 Å². The Labute approximate surface area is 122 Å². The average Bonchev–Trinajstić information content (AvgIpc) is 3.21. The minimum atomic E-state index is -1.05. The largest absolute Gasteiger partial charge is 0.480 e. The predicted octanol–water partition coefficient (Wildman–Crippen LogP) is 2.39. The van der Waals surface area contributed by atoms with Gasteiger partial charge in [0.1, 0.15) is 12.4 Å². The van der Waals surface area contributed by atoms with Crippen molar-refractivity contribution < 1.29 is 19.1 Å². The Morgan fingerprint density at radius 3 is 2.67 bits per heavy atom. The van der Waals surface area contributed by atoms with E-state index in [2.05, 4.69) is 5.32 Å². The Morgan fingerprint density at radius 1 is 1.43 bits per heavy atom. The summed E-state index contributed by atoms with van der Waals surface area (Å²) in [5, 5.41) is 11.5. The summed E-state index contributed by atoms with van der Waals surface area (Å²) in [5.74, 6) is -1.06. The van der Waals surface area contributed by atoms with Crippen LogP contribution in [0.5, 0.6) is 0 Å². The number of carbonyl (C=O) groups is 2. The number of nitrogens with zero attached hydrogens (tertiary/aromatic N) is 1. The van der Waals surface area contributed by atoms with Crippen LogP contribution in [-0.4, -0.2) is 35.1 Å². The van der Waals surface area contributed by atoms with Crippen LogP contribution in [0.15, 0.2) is 24.3 Å². The lowest BCUT2D eigenvalue weighted by atomic mass is 10.1. The Bertz CT molecular complexity index is 531. The summed E-state index contributed by atoms with van der Waals surface area (Å²) in [6, 6.07) is 5.21. The monoisotopic (exact) mass is 294 g/mol. The van der Waals surface area contributed by atoms with E-state index in [1.165, 1.54) is 11.0 Å². The highest BCUT2D eigenvalue weighted by Gasteiger charge is 2.28. The molecule has 0 aliphatic heterocycles. The topological polar surface area (TPSA) is 69.6 Å². The second-order valence-corrected chi connectivity index (χ2v) is 5.41. The number of nitrogens with one attached hydrogen (secondary N) is 1. The molecule has 1 aliphatic carbocycles. The SMILES string of the molecule is CC(NC(=O)N(CC(=O)O)CC1CC1)c1ccccc1F. The molecule has 1 atom stereocenters. The Morgan fingerprint density at radius 2 is 2.10 bits per heavy atom. The second-order valence-electron chi connectivity index (χ2n) is 5.41. The number of amides is 2. The van der Waals surface area contributed by atoms with Gasteiger partial charge >= 0.3 is 12.0 Å². The summed E-state index contributed by atoms with van der Waals surface area (Å²) < 4.78 is 13.7. The van der Waals surface area contributed by atoms with Crippen LogP contribution < -0.4 is 5.32 Å². The zero-order chi connectivity index (χ0) is 15.4. The fraction of sp³-hybridized carbons (Fsp3) is 0.467. The summed E-state index contributed by atoms with van der Waals surface area (Å²) in [4.78, 5) is 24.3. The van der Waals surface area contributed by atoms with Crippen LogP contribution in [0.3, 0.4) is 0 Å². The van der Waals surface area contributed by atoms with E-state index in [1.807, 2.05) is 0 Å². The molecule has 5 nitrogen and oxygen atoms in total. The summed E-state index contributed by atoms with van der Waals surface area (Å²) >= 11 is 0. The van der Waals surface area contributed by atoms with Crippen molar-refractivity contribution in [2.24, 2.45) is 5.92 Å². The lowest BCUT2D eigenvalue weighted by Gasteiger charge is -2.24. The summed E-state index contributed by atoms with van der Waals surface area (Å²) in [5.41, 5.74) is 0.382. The van der Waals surface area contributed by atoms with E-state index in [9.17, 15) is 14.0 Å². The number of carbonyl (C=O) groups excluding carboxylic acids is 1. The molecular weight excluding hydrogens is 275 g/mol. The molecule has 0 aromatic heterocycles. The van der Waals surface area contributed by atoms with Crippen LogP contribution in [0, 0.1) is 11.7 Å². The molecule has 2 N–H and O–H groups in total. The molecule has 2 amide bonds. The highest BCUT2D eigenvalue weighted by molar-refractivity contribution is 5.80. The van der Waals surface area contributed by atoms with Gasteiger partial charge in [-0.3, -0.25) is 4.79 Å². The first-order chi connectivity index (χ1) is 9.97. The first-order valence-electron chi connectivity index (χ1n) is 6.99. The van der Waals surface area contributed by atoms with Crippen LogP contribution in [0.4, 0.5) is 9.18 Å². The van der Waals surface area contributed by atoms with Gasteiger partial charge in [-0.2, -0.15) is 0 Å². The van der Waals surface area contributed by atoms with E-state index in [1.54, 1.807) is 25.1 Å². The van der Waals surface area contributed by atoms with Crippen LogP contribution in [0.2, 0.25) is 0 Å². The Hall–Kier alpha value is -2.11. The normalized spacial score (nSPS) is 15.3. The molecule has 0 heterocycles. The second kappa shape index (κ2) is 6.56. The molecule has 6 heteroatoms. The molecule has 0 radical (unpaired) electrons. The van der Waals surface area contributed by atoms with Crippen molar-refractivity contribution in [2.45, 2.75) is 25.8 Å². The first-order valence-corrected chi connectivity index (χ1v) is 6.99. The molecule has 1 unspecified atom stereocenters. The third-order valence-electron chi connectivity index (χ3n) is 3.50. The van der Waals surface area contributed by atoms with Crippen molar-refractivity contribution in [3.05, 3.63) is 35.6 Å². The maximum absolute atomic E-state index is 13.7. The third kappa shape index (κ3) is 4.44. The fourth-order valence-electron chi connectivity index (χ4n) is 2.18. The van der Waals surface area contributed by atoms with Crippen molar-refractivity contribution >= 4 is 12.0 Å². The summed E-state index contributed by atoms with van der Waals surface area (Å²) in [6.07, 6.45) is 2.04. The molecule has 1 fully saturated rings. The molecule has 2 rings (SSSR count). The Kier molecular flexibility index (Phi) is 4.77. The minimum Gasteiger partial charge on any atom is -0.480 e. The van der Waals surface area contributed by atoms with E-state index in [-0.39, 0.29) is 6.54 Å². The predicted molar refractivity (Wildman–Crippen MR) is 75.3 cm³/mol. The van der Waals surface area contributed by atoms with E-state index in [0.29, 0.717) is 18.0 Å². The van der Waals surface area contributed by atoms with Gasteiger partial charge in [-0.05, 0) is 31.7 Å². The number of hydrogen-bond donors (Lipinski definition) is 2. The lowest BCUT2D eigenvalue weighted by Crippen LogP contribution is -2.44. The molecular formula is C15H19FN2O3. The van der Waals surface area contributed by atoms with Gasteiger partial charge in [0.25, 0.3) is 0 Å². The van der Waals surface area contributed by atoms with E-state index in [0.717, 1.165) is 12.8 Å². The first kappa shape index (κ1) is 15.3. The van der Waals surface area contributed by atoms with Gasteiger partial charge in [-0.25, -0.2) is 9.18 Å².